The van der Waals surface area contributed by atoms with E-state index in [4.69, 9.17) is 0 Å². The lowest BCUT2D eigenvalue weighted by atomic mass is 10.7. The monoisotopic (exact) mass is 192 g/mol. The van der Waals surface area contributed by atoms with E-state index in [2.05, 4.69) is 19.7 Å². The van der Waals surface area contributed by atoms with E-state index in [9.17, 15) is 8.42 Å². The van der Waals surface area contributed by atoms with Gasteiger partial charge in [-0.25, -0.2) is 4.68 Å². The van der Waals surface area contributed by atoms with Gasteiger partial charge in [0.1, 0.15) is 6.61 Å². The summed E-state index contributed by atoms with van der Waals surface area (Å²) in [6, 6.07) is 0. The molecule has 1 rings (SSSR count). The van der Waals surface area contributed by atoms with E-state index in [1.54, 1.807) is 7.05 Å². The molecule has 0 aliphatic heterocycles. The van der Waals surface area contributed by atoms with Crippen LogP contribution in [0.15, 0.2) is 0 Å². The zero-order chi connectivity index (χ0) is 9.19. The van der Waals surface area contributed by atoms with Crippen molar-refractivity contribution in [3.05, 3.63) is 5.82 Å². The molecule has 0 aliphatic carbocycles. The number of aromatic nitrogens is 4. The van der Waals surface area contributed by atoms with Crippen molar-refractivity contribution in [3.63, 3.8) is 0 Å². The second-order valence-electron chi connectivity index (χ2n) is 2.19. The number of nitrogens with zero attached hydrogens (tertiary/aromatic N) is 4. The maximum absolute atomic E-state index is 10.5. The van der Waals surface area contributed by atoms with Crippen LogP contribution >= 0.6 is 0 Å². The lowest BCUT2D eigenvalue weighted by Gasteiger charge is -1.97. The molecule has 0 radical (unpaired) electrons. The zero-order valence-corrected chi connectivity index (χ0v) is 7.45. The molecule has 0 N–H and O–H groups in total. The molecule has 7 nitrogen and oxygen atoms in total. The molecule has 0 aliphatic rings. The molecular weight excluding hydrogens is 184 g/mol. The molecule has 0 bridgehead atoms. The Balaban J connectivity index is 2.61. The van der Waals surface area contributed by atoms with Crippen molar-refractivity contribution in [3.8, 4) is 0 Å². The van der Waals surface area contributed by atoms with Crippen LogP contribution in [-0.4, -0.2) is 34.9 Å². The first-order valence-electron chi connectivity index (χ1n) is 3.04. The van der Waals surface area contributed by atoms with Crippen molar-refractivity contribution in [2.45, 2.75) is 6.61 Å². The van der Waals surface area contributed by atoms with Gasteiger partial charge in [0.15, 0.2) is 5.82 Å². The molecule has 68 valence electrons. The van der Waals surface area contributed by atoms with Gasteiger partial charge in [-0.1, -0.05) is 0 Å². The summed E-state index contributed by atoms with van der Waals surface area (Å²) in [5, 5.41) is 10.3. The maximum Gasteiger partial charge on any atom is 0.264 e. The normalized spacial score (nSPS) is 11.8. The number of aryl methyl sites for hydroxylation is 1. The SMILES string of the molecule is Cn1nnnc1COS(C)(=O)=O. The van der Waals surface area contributed by atoms with Crippen LogP contribution in [0.2, 0.25) is 0 Å². The molecule has 0 atom stereocenters. The van der Waals surface area contributed by atoms with Gasteiger partial charge in [-0.05, 0) is 10.4 Å². The van der Waals surface area contributed by atoms with Gasteiger partial charge in [0.25, 0.3) is 10.1 Å². The van der Waals surface area contributed by atoms with Gasteiger partial charge in [0, 0.05) is 7.05 Å². The summed E-state index contributed by atoms with van der Waals surface area (Å²) in [4.78, 5) is 0. The molecule has 12 heavy (non-hydrogen) atoms. The highest BCUT2D eigenvalue weighted by molar-refractivity contribution is 7.85. The van der Waals surface area contributed by atoms with Crippen molar-refractivity contribution in [2.24, 2.45) is 7.05 Å². The molecule has 0 aromatic carbocycles. The van der Waals surface area contributed by atoms with Crippen LogP contribution in [0.5, 0.6) is 0 Å². The third kappa shape index (κ3) is 2.55. The Morgan fingerprint density at radius 1 is 1.58 bits per heavy atom. The van der Waals surface area contributed by atoms with Gasteiger partial charge in [-0.2, -0.15) is 8.42 Å². The molecular formula is C4H8N4O3S. The number of hydrogen-bond acceptors (Lipinski definition) is 6. The van der Waals surface area contributed by atoms with Crippen LogP contribution in [0.25, 0.3) is 0 Å². The van der Waals surface area contributed by atoms with E-state index in [0.717, 1.165) is 6.26 Å². The smallest absolute Gasteiger partial charge is 0.262 e. The summed E-state index contributed by atoms with van der Waals surface area (Å²) in [6.07, 6.45) is 0.969. The lowest BCUT2D eigenvalue weighted by Crippen LogP contribution is -2.07. The number of hydrogen-bond donors (Lipinski definition) is 0. The van der Waals surface area contributed by atoms with Gasteiger partial charge in [-0.15, -0.1) is 5.10 Å². The van der Waals surface area contributed by atoms with Crippen LogP contribution in [0.3, 0.4) is 0 Å². The molecule has 1 aromatic heterocycles. The van der Waals surface area contributed by atoms with Crippen molar-refractivity contribution in [1.82, 2.24) is 20.2 Å². The topological polar surface area (TPSA) is 87.0 Å². The van der Waals surface area contributed by atoms with Gasteiger partial charge in [0.2, 0.25) is 0 Å². The minimum Gasteiger partial charge on any atom is -0.262 e. The van der Waals surface area contributed by atoms with Gasteiger partial charge in [-0.3, -0.25) is 4.18 Å². The Morgan fingerprint density at radius 3 is 2.67 bits per heavy atom. The Kier molecular flexibility index (Phi) is 2.38. The lowest BCUT2D eigenvalue weighted by molar-refractivity contribution is 0.296. The first-order chi connectivity index (χ1) is 5.49. The molecule has 0 saturated heterocycles. The molecule has 0 spiro atoms. The largest absolute Gasteiger partial charge is 0.264 e. The van der Waals surface area contributed by atoms with Crippen LogP contribution < -0.4 is 0 Å². The summed E-state index contributed by atoms with van der Waals surface area (Å²) in [7, 11) is -1.83. The number of rotatable bonds is 3. The van der Waals surface area contributed by atoms with Gasteiger partial charge < -0.3 is 0 Å². The molecule has 0 unspecified atom stereocenters. The first-order valence-corrected chi connectivity index (χ1v) is 4.86. The molecule has 1 aromatic rings. The highest BCUT2D eigenvalue weighted by Gasteiger charge is 2.06. The van der Waals surface area contributed by atoms with E-state index < -0.39 is 10.1 Å². The predicted molar refractivity (Wildman–Crippen MR) is 38.4 cm³/mol. The Bertz CT molecular complexity index is 356. The van der Waals surface area contributed by atoms with Crippen LogP contribution in [-0.2, 0) is 28.0 Å². The van der Waals surface area contributed by atoms with Crippen LogP contribution in [0, 0.1) is 0 Å². The van der Waals surface area contributed by atoms with E-state index in [-0.39, 0.29) is 6.61 Å². The second kappa shape index (κ2) is 3.15. The first kappa shape index (κ1) is 9.07. The van der Waals surface area contributed by atoms with E-state index in [1.807, 2.05) is 0 Å². The van der Waals surface area contributed by atoms with Crippen molar-refractivity contribution in [1.29, 1.82) is 0 Å². The van der Waals surface area contributed by atoms with E-state index in [1.165, 1.54) is 4.68 Å². The second-order valence-corrected chi connectivity index (χ2v) is 3.83. The third-order valence-corrected chi connectivity index (χ3v) is 1.66. The van der Waals surface area contributed by atoms with Crippen LogP contribution in [0.1, 0.15) is 5.82 Å². The fourth-order valence-corrected chi connectivity index (χ4v) is 0.849. The molecule has 0 amide bonds. The van der Waals surface area contributed by atoms with Crippen molar-refractivity contribution < 1.29 is 12.6 Å². The summed E-state index contributed by atoms with van der Waals surface area (Å²) < 4.78 is 26.9. The maximum atomic E-state index is 10.5. The average Bonchev–Trinajstić information content (AvgIpc) is 2.29. The van der Waals surface area contributed by atoms with E-state index in [0.29, 0.717) is 5.82 Å². The fourth-order valence-electron chi connectivity index (χ4n) is 0.530. The molecule has 8 heteroatoms. The summed E-state index contributed by atoms with van der Waals surface area (Å²) >= 11 is 0. The molecule has 0 fully saturated rings. The standard InChI is InChI=1S/C4H8N4O3S/c1-8-4(5-6-7-8)3-11-12(2,9)10/h3H2,1-2H3. The zero-order valence-electron chi connectivity index (χ0n) is 6.63. The number of tetrazole rings is 1. The highest BCUT2D eigenvalue weighted by Crippen LogP contribution is 1.95. The minimum absolute atomic E-state index is 0.137. The van der Waals surface area contributed by atoms with Crippen LogP contribution in [0.4, 0.5) is 0 Å². The predicted octanol–water partition coefficient (Wildman–Crippen LogP) is -1.31. The van der Waals surface area contributed by atoms with Gasteiger partial charge >= 0.3 is 0 Å². The molecule has 0 saturated carbocycles. The van der Waals surface area contributed by atoms with Crippen molar-refractivity contribution in [2.75, 3.05) is 6.26 Å². The minimum atomic E-state index is -3.43. The van der Waals surface area contributed by atoms with E-state index >= 15 is 0 Å². The Morgan fingerprint density at radius 2 is 2.25 bits per heavy atom. The van der Waals surface area contributed by atoms with Crippen molar-refractivity contribution >= 4 is 10.1 Å². The summed E-state index contributed by atoms with van der Waals surface area (Å²) in [5.74, 6) is 0.362. The van der Waals surface area contributed by atoms with Gasteiger partial charge in [0.05, 0.1) is 6.26 Å². The Hall–Kier alpha value is -1.02. The highest BCUT2D eigenvalue weighted by atomic mass is 32.2. The third-order valence-electron chi connectivity index (χ3n) is 1.11. The Labute approximate surface area is 69.5 Å². The molecule has 1 heterocycles. The fraction of sp³-hybridized carbons (Fsp3) is 0.750. The average molecular weight is 192 g/mol. The quantitative estimate of drug-likeness (QED) is 0.552. The summed E-state index contributed by atoms with van der Waals surface area (Å²) in [5.41, 5.74) is 0. The summed E-state index contributed by atoms with van der Waals surface area (Å²) in [6.45, 7) is -0.137.